The topological polar surface area (TPSA) is 27.7 Å². The third kappa shape index (κ3) is 7.25. The summed E-state index contributed by atoms with van der Waals surface area (Å²) in [6, 6.07) is 12.5. The molecule has 1 aliphatic carbocycles. The van der Waals surface area contributed by atoms with Crippen LogP contribution in [0.4, 0.5) is 17.6 Å². The molecule has 0 heterocycles. The van der Waals surface area contributed by atoms with E-state index in [0.717, 1.165) is 45.1 Å². The molecule has 0 saturated heterocycles. The first-order valence-electron chi connectivity index (χ1n) is 14.0. The average Bonchev–Trinajstić information content (AvgIpc) is 2.97. The number of rotatable bonds is 13. The highest BCUT2D eigenvalue weighted by atomic mass is 19.2. The van der Waals surface area contributed by atoms with Crippen molar-refractivity contribution in [3.63, 3.8) is 0 Å². The van der Waals surface area contributed by atoms with Crippen molar-refractivity contribution in [2.45, 2.75) is 70.5 Å². The Bertz CT molecular complexity index is 1270. The van der Waals surface area contributed by atoms with Gasteiger partial charge in [-0.2, -0.15) is 8.78 Å². The van der Waals surface area contributed by atoms with Crippen LogP contribution in [0.25, 0.3) is 11.1 Å². The van der Waals surface area contributed by atoms with Crippen LogP contribution in [-0.2, 0) is 11.3 Å². The van der Waals surface area contributed by atoms with Crippen molar-refractivity contribution in [3.05, 3.63) is 95.6 Å². The normalized spacial score (nSPS) is 17.0. The number of ether oxygens (including phenoxy) is 3. The molecule has 0 bridgehead atoms. The highest BCUT2D eigenvalue weighted by Gasteiger charge is 2.27. The highest BCUT2D eigenvalue weighted by molar-refractivity contribution is 5.65. The summed E-state index contributed by atoms with van der Waals surface area (Å²) < 4.78 is 75.7. The fourth-order valence-electron chi connectivity index (χ4n) is 4.97. The molecule has 0 atom stereocenters. The summed E-state index contributed by atoms with van der Waals surface area (Å²) in [6.07, 6.45) is 7.66. The zero-order valence-corrected chi connectivity index (χ0v) is 22.9. The van der Waals surface area contributed by atoms with Crippen molar-refractivity contribution in [3.8, 4) is 22.6 Å². The first-order chi connectivity index (χ1) is 19.4. The zero-order valence-electron chi connectivity index (χ0n) is 22.9. The fourth-order valence-corrected chi connectivity index (χ4v) is 4.97. The monoisotopic (exact) mass is 556 g/mol. The molecule has 1 aliphatic rings. The largest absolute Gasteiger partial charge is 0.490 e. The summed E-state index contributed by atoms with van der Waals surface area (Å²) in [7, 11) is 0. The zero-order chi connectivity index (χ0) is 28.5. The van der Waals surface area contributed by atoms with E-state index in [1.165, 1.54) is 18.2 Å². The maximum Gasteiger partial charge on any atom is 0.201 e. The van der Waals surface area contributed by atoms with E-state index in [1.54, 1.807) is 36.4 Å². The molecule has 0 N–H and O–H groups in total. The molecule has 40 heavy (non-hydrogen) atoms. The van der Waals surface area contributed by atoms with Crippen molar-refractivity contribution < 1.29 is 31.8 Å². The minimum Gasteiger partial charge on any atom is -0.490 e. The SMILES string of the molecule is C=CCCOc1ccc(-c2ccc(COc3ccc(C4CCC(OCCCC)CC4)c(F)c3F)cc2)c(F)c1F. The summed E-state index contributed by atoms with van der Waals surface area (Å²) in [5.41, 5.74) is 1.60. The Morgan fingerprint density at radius 2 is 1.45 bits per heavy atom. The van der Waals surface area contributed by atoms with Crippen LogP contribution >= 0.6 is 0 Å². The van der Waals surface area contributed by atoms with E-state index in [-0.39, 0.29) is 42.3 Å². The van der Waals surface area contributed by atoms with Gasteiger partial charge in [0.1, 0.15) is 6.61 Å². The Kier molecular flexibility index (Phi) is 10.6. The number of unbranched alkanes of at least 4 members (excludes halogenated alkanes) is 1. The molecule has 3 aromatic rings. The molecule has 3 aromatic carbocycles. The molecule has 0 amide bonds. The standard InChI is InChI=1S/C33H36F4O3/c1-3-5-19-38-25-13-11-24(12-14-25)27-16-18-29(33(37)31(27)35)40-21-22-7-9-23(10-8-22)26-15-17-28(32(36)30(26)34)39-20-6-4-2/h4,7-10,15-18,24-25H,2-3,5-6,11-14,19-21H2,1H3. The summed E-state index contributed by atoms with van der Waals surface area (Å²) in [4.78, 5) is 0. The molecular formula is C33H36F4O3. The second kappa shape index (κ2) is 14.4. The van der Waals surface area contributed by atoms with Crippen molar-refractivity contribution in [2.75, 3.05) is 13.2 Å². The van der Waals surface area contributed by atoms with Crippen molar-refractivity contribution in [2.24, 2.45) is 0 Å². The molecule has 4 rings (SSSR count). The van der Waals surface area contributed by atoms with E-state index in [2.05, 4.69) is 13.5 Å². The lowest BCUT2D eigenvalue weighted by Crippen LogP contribution is -2.22. The molecule has 214 valence electrons. The number of halogens is 4. The molecule has 0 aromatic heterocycles. The van der Waals surface area contributed by atoms with Gasteiger partial charge in [0, 0.05) is 12.2 Å². The predicted molar refractivity (Wildman–Crippen MR) is 149 cm³/mol. The second-order valence-electron chi connectivity index (χ2n) is 10.1. The van der Waals surface area contributed by atoms with Gasteiger partial charge in [-0.1, -0.05) is 49.8 Å². The molecule has 7 heteroatoms. The number of hydrogen-bond acceptors (Lipinski definition) is 3. The van der Waals surface area contributed by atoms with Gasteiger partial charge in [-0.05, 0) is 79.3 Å². The van der Waals surface area contributed by atoms with Gasteiger partial charge in [0.25, 0.3) is 0 Å². The Morgan fingerprint density at radius 3 is 2.15 bits per heavy atom. The Morgan fingerprint density at radius 1 is 0.775 bits per heavy atom. The van der Waals surface area contributed by atoms with Crippen molar-refractivity contribution >= 4 is 0 Å². The van der Waals surface area contributed by atoms with Gasteiger partial charge in [0.05, 0.1) is 12.7 Å². The van der Waals surface area contributed by atoms with E-state index >= 15 is 0 Å². The highest BCUT2D eigenvalue weighted by Crippen LogP contribution is 2.38. The third-order valence-corrected chi connectivity index (χ3v) is 7.33. The van der Waals surface area contributed by atoms with Crippen LogP contribution in [0.3, 0.4) is 0 Å². The summed E-state index contributed by atoms with van der Waals surface area (Å²) in [6.45, 7) is 6.63. The minimum atomic E-state index is -1.05. The van der Waals surface area contributed by atoms with Gasteiger partial charge < -0.3 is 14.2 Å². The second-order valence-corrected chi connectivity index (χ2v) is 10.1. The van der Waals surface area contributed by atoms with E-state index in [1.807, 2.05) is 0 Å². The average molecular weight is 557 g/mol. The van der Waals surface area contributed by atoms with E-state index in [0.29, 0.717) is 23.1 Å². The van der Waals surface area contributed by atoms with Crippen molar-refractivity contribution in [1.82, 2.24) is 0 Å². The maximum absolute atomic E-state index is 15.0. The summed E-state index contributed by atoms with van der Waals surface area (Å²) in [5, 5.41) is 0. The smallest absolute Gasteiger partial charge is 0.201 e. The lowest BCUT2D eigenvalue weighted by molar-refractivity contribution is 0.0230. The molecule has 0 spiro atoms. The van der Waals surface area contributed by atoms with Crippen LogP contribution in [0.1, 0.15) is 68.9 Å². The third-order valence-electron chi connectivity index (χ3n) is 7.33. The van der Waals surface area contributed by atoms with E-state index in [9.17, 15) is 17.6 Å². The van der Waals surface area contributed by atoms with Gasteiger partial charge >= 0.3 is 0 Å². The fraction of sp³-hybridized carbons (Fsp3) is 0.394. The van der Waals surface area contributed by atoms with Crippen LogP contribution < -0.4 is 9.47 Å². The molecule has 3 nitrogen and oxygen atoms in total. The molecule has 1 fully saturated rings. The van der Waals surface area contributed by atoms with Crippen LogP contribution in [0.15, 0.2) is 61.2 Å². The van der Waals surface area contributed by atoms with E-state index in [4.69, 9.17) is 14.2 Å². The number of hydrogen-bond donors (Lipinski definition) is 0. The van der Waals surface area contributed by atoms with Gasteiger partial charge in [-0.25, -0.2) is 8.78 Å². The Hall–Kier alpha value is -3.32. The van der Waals surface area contributed by atoms with Crippen LogP contribution in [0.2, 0.25) is 0 Å². The lowest BCUT2D eigenvalue weighted by atomic mass is 9.82. The van der Waals surface area contributed by atoms with Crippen LogP contribution in [0, 0.1) is 23.3 Å². The van der Waals surface area contributed by atoms with Crippen molar-refractivity contribution in [1.29, 1.82) is 0 Å². The summed E-state index contributed by atoms with van der Waals surface area (Å²) in [5.74, 6) is -4.28. The Labute approximate surface area is 233 Å². The molecule has 1 saturated carbocycles. The van der Waals surface area contributed by atoms with Gasteiger partial charge in [0.15, 0.2) is 23.1 Å². The first kappa shape index (κ1) is 29.7. The maximum atomic E-state index is 15.0. The van der Waals surface area contributed by atoms with Gasteiger partial charge in [-0.3, -0.25) is 0 Å². The first-order valence-corrected chi connectivity index (χ1v) is 14.0. The minimum absolute atomic E-state index is 0.0108. The van der Waals surface area contributed by atoms with E-state index < -0.39 is 23.3 Å². The van der Waals surface area contributed by atoms with Crippen LogP contribution in [-0.4, -0.2) is 19.3 Å². The van der Waals surface area contributed by atoms with Crippen LogP contribution in [0.5, 0.6) is 11.5 Å². The van der Waals surface area contributed by atoms with Gasteiger partial charge in [0.2, 0.25) is 11.6 Å². The summed E-state index contributed by atoms with van der Waals surface area (Å²) >= 11 is 0. The predicted octanol–water partition coefficient (Wildman–Crippen LogP) is 9.29. The quantitative estimate of drug-likeness (QED) is 0.119. The molecule has 0 radical (unpaired) electrons. The lowest BCUT2D eigenvalue weighted by Gasteiger charge is -2.29. The molecule has 0 aliphatic heterocycles. The number of benzene rings is 3. The molecule has 0 unspecified atom stereocenters. The molecular weight excluding hydrogens is 520 g/mol. The van der Waals surface area contributed by atoms with Gasteiger partial charge in [-0.15, -0.1) is 6.58 Å². The Balaban J connectivity index is 1.35.